The Kier molecular flexibility index (Phi) is 9.09. The molecular weight excluding hydrogens is 491 g/mol. The van der Waals surface area contributed by atoms with Crippen molar-refractivity contribution >= 4 is 33.2 Å². The number of benzene rings is 2. The highest BCUT2D eigenvalue weighted by Gasteiger charge is 2.24. The number of likely N-dealkylation sites (tertiary alicyclic amines) is 1. The summed E-state index contributed by atoms with van der Waals surface area (Å²) in [5.41, 5.74) is 0. The molecule has 0 saturated carbocycles. The summed E-state index contributed by atoms with van der Waals surface area (Å²) in [7, 11) is -0.898. The van der Waals surface area contributed by atoms with Crippen molar-refractivity contribution in [2.45, 2.75) is 29.9 Å². The molecule has 3 rings (SSSR count). The second-order valence-corrected chi connectivity index (χ2v) is 10.3. The highest BCUT2D eigenvalue weighted by Crippen LogP contribution is 2.30. The lowest BCUT2D eigenvalue weighted by Crippen LogP contribution is -2.45. The Morgan fingerprint density at radius 3 is 2.39 bits per heavy atom. The number of β-amino-alcohol motifs (C(OH)–C–C–N with tert-alkyl or cyclic N) is 1. The van der Waals surface area contributed by atoms with Gasteiger partial charge in [-0.3, -0.25) is 0 Å². The van der Waals surface area contributed by atoms with E-state index in [9.17, 15) is 13.5 Å². The van der Waals surface area contributed by atoms with Gasteiger partial charge in [-0.25, -0.2) is 13.1 Å². The van der Waals surface area contributed by atoms with Gasteiger partial charge in [0.2, 0.25) is 10.0 Å². The standard InChI is InChI=1S/C22H28Cl2N2O6S/c1-30-21-6-4-18(12-22(21)31-2)33(28,29)25-13-15(27)14-26-9-7-16(8-10-26)32-17-3-5-19(23)20(24)11-17/h3-6,11-12,15-16,25,27H,7-10,13-14H2,1-2H3/t15-/m1/s1. The first-order valence-corrected chi connectivity index (χ1v) is 12.7. The fraction of sp³-hybridized carbons (Fsp3) is 0.455. The molecule has 0 radical (unpaired) electrons. The second-order valence-electron chi connectivity index (χ2n) is 7.72. The van der Waals surface area contributed by atoms with Crippen molar-refractivity contribution in [3.8, 4) is 17.2 Å². The average molecular weight is 519 g/mol. The van der Waals surface area contributed by atoms with Gasteiger partial charge >= 0.3 is 0 Å². The van der Waals surface area contributed by atoms with Crippen LogP contribution >= 0.6 is 23.2 Å². The first-order chi connectivity index (χ1) is 15.7. The first-order valence-electron chi connectivity index (χ1n) is 10.5. The van der Waals surface area contributed by atoms with Crippen molar-refractivity contribution in [1.82, 2.24) is 9.62 Å². The minimum absolute atomic E-state index is 0.0348. The number of piperidine rings is 1. The van der Waals surface area contributed by atoms with Crippen LogP contribution in [0.5, 0.6) is 17.2 Å². The van der Waals surface area contributed by atoms with E-state index < -0.39 is 16.1 Å². The number of hydrogen-bond acceptors (Lipinski definition) is 7. The van der Waals surface area contributed by atoms with E-state index in [0.29, 0.717) is 33.8 Å². The number of nitrogens with one attached hydrogen (secondary N) is 1. The molecule has 1 aliphatic rings. The molecule has 11 heteroatoms. The van der Waals surface area contributed by atoms with Crippen LogP contribution in [-0.2, 0) is 10.0 Å². The fourth-order valence-corrected chi connectivity index (χ4v) is 4.96. The Morgan fingerprint density at radius 1 is 1.06 bits per heavy atom. The Labute approximate surface area is 204 Å². The Bertz CT molecular complexity index is 1050. The molecule has 0 spiro atoms. The van der Waals surface area contributed by atoms with Gasteiger partial charge in [0.15, 0.2) is 11.5 Å². The maximum Gasteiger partial charge on any atom is 0.240 e. The van der Waals surface area contributed by atoms with Gasteiger partial charge in [0.1, 0.15) is 11.9 Å². The molecule has 0 bridgehead atoms. The van der Waals surface area contributed by atoms with Gasteiger partial charge in [-0.05, 0) is 37.1 Å². The van der Waals surface area contributed by atoms with Crippen LogP contribution in [0.25, 0.3) is 0 Å². The molecule has 8 nitrogen and oxygen atoms in total. The van der Waals surface area contributed by atoms with Crippen LogP contribution in [0.15, 0.2) is 41.3 Å². The molecule has 1 heterocycles. The van der Waals surface area contributed by atoms with Gasteiger partial charge < -0.3 is 24.2 Å². The molecule has 1 saturated heterocycles. The van der Waals surface area contributed by atoms with E-state index >= 15 is 0 Å². The third kappa shape index (κ3) is 7.11. The van der Waals surface area contributed by atoms with Crippen molar-refractivity contribution in [1.29, 1.82) is 0 Å². The number of rotatable bonds is 10. The summed E-state index contributed by atoms with van der Waals surface area (Å²) >= 11 is 12.0. The number of halogens is 2. The monoisotopic (exact) mass is 518 g/mol. The van der Waals surface area contributed by atoms with Gasteiger partial charge in [0.05, 0.1) is 35.3 Å². The molecule has 2 aromatic carbocycles. The van der Waals surface area contributed by atoms with Crippen LogP contribution in [0.3, 0.4) is 0 Å². The highest BCUT2D eigenvalue weighted by molar-refractivity contribution is 7.89. The Balaban J connectivity index is 1.45. The molecule has 2 N–H and O–H groups in total. The molecule has 182 valence electrons. The van der Waals surface area contributed by atoms with Crippen LogP contribution in [-0.4, -0.2) is 71.0 Å². The Morgan fingerprint density at radius 2 is 1.76 bits per heavy atom. The second kappa shape index (κ2) is 11.6. The molecule has 0 aromatic heterocycles. The predicted molar refractivity (Wildman–Crippen MR) is 127 cm³/mol. The van der Waals surface area contributed by atoms with Crippen molar-refractivity contribution < 1.29 is 27.7 Å². The van der Waals surface area contributed by atoms with Crippen molar-refractivity contribution in [3.63, 3.8) is 0 Å². The smallest absolute Gasteiger partial charge is 0.240 e. The zero-order valence-electron chi connectivity index (χ0n) is 18.5. The summed E-state index contributed by atoms with van der Waals surface area (Å²) in [6.07, 6.45) is 0.751. The zero-order valence-corrected chi connectivity index (χ0v) is 20.8. The molecule has 0 unspecified atom stereocenters. The predicted octanol–water partition coefficient (Wildman–Crippen LogP) is 3.19. The minimum Gasteiger partial charge on any atom is -0.493 e. The van der Waals surface area contributed by atoms with E-state index in [1.54, 1.807) is 18.2 Å². The summed E-state index contributed by atoms with van der Waals surface area (Å²) in [5.74, 6) is 1.42. The lowest BCUT2D eigenvalue weighted by atomic mass is 10.1. The van der Waals surface area contributed by atoms with E-state index in [2.05, 4.69) is 9.62 Å². The number of methoxy groups -OCH3 is 2. The van der Waals surface area contributed by atoms with Crippen molar-refractivity contribution in [2.24, 2.45) is 0 Å². The van der Waals surface area contributed by atoms with Gasteiger partial charge in [-0.2, -0.15) is 0 Å². The molecule has 1 atom stereocenters. The molecule has 33 heavy (non-hydrogen) atoms. The number of aliphatic hydroxyl groups is 1. The van der Waals surface area contributed by atoms with Crippen LogP contribution in [0, 0.1) is 0 Å². The van der Waals surface area contributed by atoms with Gasteiger partial charge in [0, 0.05) is 38.3 Å². The fourth-order valence-electron chi connectivity index (χ4n) is 3.59. The highest BCUT2D eigenvalue weighted by atomic mass is 35.5. The van der Waals surface area contributed by atoms with Gasteiger partial charge in [0.25, 0.3) is 0 Å². The first kappa shape index (κ1) is 25.9. The SMILES string of the molecule is COc1ccc(S(=O)(=O)NC[C@@H](O)CN2CCC(Oc3ccc(Cl)c(Cl)c3)CC2)cc1OC. The average Bonchev–Trinajstić information content (AvgIpc) is 2.81. The normalized spacial score (nSPS) is 16.4. The van der Waals surface area contributed by atoms with E-state index in [4.69, 9.17) is 37.4 Å². The van der Waals surface area contributed by atoms with Crippen molar-refractivity contribution in [2.75, 3.05) is 40.4 Å². The topological polar surface area (TPSA) is 97.3 Å². The van der Waals surface area contributed by atoms with Gasteiger partial charge in [-0.15, -0.1) is 0 Å². The summed E-state index contributed by atoms with van der Waals surface area (Å²) in [5, 5.41) is 11.3. The summed E-state index contributed by atoms with van der Waals surface area (Å²) < 4.78 is 43.9. The van der Waals surface area contributed by atoms with E-state index in [1.807, 2.05) is 0 Å². The number of hydrogen-bond donors (Lipinski definition) is 2. The molecule has 1 aliphatic heterocycles. The summed E-state index contributed by atoms with van der Waals surface area (Å²) in [6.45, 7) is 1.71. The molecule has 0 aliphatic carbocycles. The van der Waals surface area contributed by atoms with Crippen molar-refractivity contribution in [3.05, 3.63) is 46.4 Å². The quantitative estimate of drug-likeness (QED) is 0.498. The van der Waals surface area contributed by atoms with Crippen LogP contribution in [0.2, 0.25) is 10.0 Å². The number of aliphatic hydroxyl groups excluding tert-OH is 1. The van der Waals surface area contributed by atoms with Gasteiger partial charge in [-0.1, -0.05) is 23.2 Å². The third-order valence-electron chi connectivity index (χ3n) is 5.37. The molecule has 2 aromatic rings. The number of ether oxygens (including phenoxy) is 3. The Hall–Kier alpha value is -1.75. The lowest BCUT2D eigenvalue weighted by molar-refractivity contribution is 0.0630. The summed E-state index contributed by atoms with van der Waals surface area (Å²) in [4.78, 5) is 2.12. The maximum absolute atomic E-state index is 12.6. The number of sulfonamides is 1. The maximum atomic E-state index is 12.6. The molecule has 0 amide bonds. The minimum atomic E-state index is -3.81. The number of nitrogens with zero attached hydrogens (tertiary/aromatic N) is 1. The zero-order chi connectivity index (χ0) is 24.0. The van der Waals surface area contributed by atoms with E-state index in [-0.39, 0.29) is 17.5 Å². The molecular formula is C22H28Cl2N2O6S. The molecule has 1 fully saturated rings. The van der Waals surface area contributed by atoms with Crippen LogP contribution < -0.4 is 18.9 Å². The summed E-state index contributed by atoms with van der Waals surface area (Å²) in [6, 6.07) is 9.52. The largest absolute Gasteiger partial charge is 0.493 e. The van der Waals surface area contributed by atoms with E-state index in [0.717, 1.165) is 25.9 Å². The van der Waals surface area contributed by atoms with Crippen LogP contribution in [0.1, 0.15) is 12.8 Å². The lowest BCUT2D eigenvalue weighted by Gasteiger charge is -2.33. The van der Waals surface area contributed by atoms with E-state index in [1.165, 1.54) is 32.4 Å². The third-order valence-corrected chi connectivity index (χ3v) is 7.53. The van der Waals surface area contributed by atoms with Crippen LogP contribution in [0.4, 0.5) is 0 Å².